The van der Waals surface area contributed by atoms with E-state index in [1.807, 2.05) is 25.1 Å². The number of nitrogens with zero attached hydrogens (tertiary/aromatic N) is 3. The third-order valence-electron chi connectivity index (χ3n) is 3.69. The summed E-state index contributed by atoms with van der Waals surface area (Å²) in [7, 11) is 0. The van der Waals surface area contributed by atoms with Crippen LogP contribution in [0.4, 0.5) is 5.69 Å². The van der Waals surface area contributed by atoms with Gasteiger partial charge in [-0.1, -0.05) is 6.07 Å². The molecule has 0 saturated heterocycles. The van der Waals surface area contributed by atoms with Crippen LogP contribution in [-0.4, -0.2) is 53.3 Å². The SMILES string of the molecule is CCNC(=NCC(O)COc1ccc([N+](=O)[O-])cc1)NCCc1ccccn1.I. The van der Waals surface area contributed by atoms with E-state index >= 15 is 0 Å². The Hall–Kier alpha value is -2.47. The number of nitro groups is 1. The lowest BCUT2D eigenvalue weighted by Gasteiger charge is -2.13. The van der Waals surface area contributed by atoms with Gasteiger partial charge in [-0.05, 0) is 31.2 Å². The third kappa shape index (κ3) is 9.52. The number of ether oxygens (including phenoxy) is 1. The molecule has 1 heterocycles. The lowest BCUT2D eigenvalue weighted by Crippen LogP contribution is -2.39. The molecule has 0 bridgehead atoms. The van der Waals surface area contributed by atoms with E-state index < -0.39 is 11.0 Å². The van der Waals surface area contributed by atoms with Gasteiger partial charge in [-0.2, -0.15) is 0 Å². The molecule has 1 unspecified atom stereocenters. The molecular weight excluding hydrogens is 489 g/mol. The summed E-state index contributed by atoms with van der Waals surface area (Å²) in [5.41, 5.74) is 0.979. The van der Waals surface area contributed by atoms with Crippen LogP contribution in [0.2, 0.25) is 0 Å². The van der Waals surface area contributed by atoms with Crippen LogP contribution >= 0.6 is 24.0 Å². The number of aliphatic hydroxyl groups is 1. The molecule has 9 nitrogen and oxygen atoms in total. The second kappa shape index (κ2) is 13.7. The normalized spacial score (nSPS) is 11.9. The molecule has 3 N–H and O–H groups in total. The topological polar surface area (TPSA) is 122 Å². The third-order valence-corrected chi connectivity index (χ3v) is 3.69. The van der Waals surface area contributed by atoms with Gasteiger partial charge < -0.3 is 20.5 Å². The minimum Gasteiger partial charge on any atom is -0.491 e. The van der Waals surface area contributed by atoms with E-state index in [1.165, 1.54) is 24.3 Å². The molecule has 1 aromatic heterocycles. The van der Waals surface area contributed by atoms with E-state index in [2.05, 4.69) is 20.6 Å². The number of guanidine groups is 1. The van der Waals surface area contributed by atoms with E-state index in [-0.39, 0.29) is 42.8 Å². The fourth-order valence-corrected chi connectivity index (χ4v) is 2.30. The van der Waals surface area contributed by atoms with Crippen LogP contribution < -0.4 is 15.4 Å². The van der Waals surface area contributed by atoms with Gasteiger partial charge in [0, 0.05) is 43.5 Å². The highest BCUT2D eigenvalue weighted by Gasteiger charge is 2.08. The first kappa shape index (κ1) is 24.6. The Morgan fingerprint density at radius 2 is 2.03 bits per heavy atom. The summed E-state index contributed by atoms with van der Waals surface area (Å²) in [5, 5.41) is 27.0. The summed E-state index contributed by atoms with van der Waals surface area (Å²) in [4.78, 5) is 18.8. The standard InChI is InChI=1S/C19H25N5O4.HI/c1-2-20-19(22-12-10-15-5-3-4-11-21-15)23-13-17(25)14-28-18-8-6-16(7-9-18)24(26)27;/h3-9,11,17,25H,2,10,12-14H2,1H3,(H2,20,22,23);1H. The maximum absolute atomic E-state index is 10.6. The average molecular weight is 515 g/mol. The van der Waals surface area contributed by atoms with Gasteiger partial charge in [0.15, 0.2) is 5.96 Å². The largest absolute Gasteiger partial charge is 0.491 e. The lowest BCUT2D eigenvalue weighted by molar-refractivity contribution is -0.384. The van der Waals surface area contributed by atoms with E-state index in [0.29, 0.717) is 24.8 Å². The summed E-state index contributed by atoms with van der Waals surface area (Å²) >= 11 is 0. The maximum Gasteiger partial charge on any atom is 0.269 e. The molecule has 0 spiro atoms. The monoisotopic (exact) mass is 515 g/mol. The number of rotatable bonds is 10. The molecule has 29 heavy (non-hydrogen) atoms. The number of pyridine rings is 1. The second-order valence-corrected chi connectivity index (χ2v) is 5.93. The van der Waals surface area contributed by atoms with E-state index in [0.717, 1.165) is 12.1 Å². The summed E-state index contributed by atoms with van der Waals surface area (Å²) < 4.78 is 5.44. The predicted octanol–water partition coefficient (Wildman–Crippen LogP) is 2.15. The Bertz CT molecular complexity index is 759. The van der Waals surface area contributed by atoms with Crippen molar-refractivity contribution in [1.82, 2.24) is 15.6 Å². The lowest BCUT2D eigenvalue weighted by atomic mass is 10.3. The Kier molecular flexibility index (Phi) is 11.6. The van der Waals surface area contributed by atoms with Crippen LogP contribution in [0.3, 0.4) is 0 Å². The summed E-state index contributed by atoms with van der Waals surface area (Å²) in [6, 6.07) is 11.5. The minimum absolute atomic E-state index is 0. The Labute approximate surface area is 186 Å². The molecule has 2 aromatic rings. The molecule has 10 heteroatoms. The zero-order chi connectivity index (χ0) is 20.2. The summed E-state index contributed by atoms with van der Waals surface area (Å²) in [5.74, 6) is 1.06. The first-order valence-corrected chi connectivity index (χ1v) is 9.06. The quantitative estimate of drug-likeness (QED) is 0.146. The van der Waals surface area contributed by atoms with Gasteiger partial charge in [-0.25, -0.2) is 0 Å². The van der Waals surface area contributed by atoms with Gasteiger partial charge in [-0.15, -0.1) is 24.0 Å². The van der Waals surface area contributed by atoms with Gasteiger partial charge >= 0.3 is 0 Å². The molecule has 0 fully saturated rings. The highest BCUT2D eigenvalue weighted by molar-refractivity contribution is 14.0. The van der Waals surface area contributed by atoms with E-state index in [1.54, 1.807) is 6.20 Å². The molecular formula is C19H26IN5O4. The highest BCUT2D eigenvalue weighted by atomic mass is 127. The molecule has 158 valence electrons. The zero-order valence-electron chi connectivity index (χ0n) is 16.2. The molecule has 1 atom stereocenters. The average Bonchev–Trinajstić information content (AvgIpc) is 2.71. The number of hydrogen-bond donors (Lipinski definition) is 3. The van der Waals surface area contributed by atoms with Gasteiger partial charge in [0.1, 0.15) is 18.5 Å². The van der Waals surface area contributed by atoms with Gasteiger partial charge in [0.2, 0.25) is 0 Å². The van der Waals surface area contributed by atoms with Crippen molar-refractivity contribution in [2.75, 3.05) is 26.2 Å². The van der Waals surface area contributed by atoms with Gasteiger partial charge in [0.25, 0.3) is 5.69 Å². The van der Waals surface area contributed by atoms with Crippen molar-refractivity contribution in [2.24, 2.45) is 4.99 Å². The molecule has 0 radical (unpaired) electrons. The molecule has 0 saturated carbocycles. The number of hydrogen-bond acceptors (Lipinski definition) is 6. The van der Waals surface area contributed by atoms with Crippen molar-refractivity contribution in [1.29, 1.82) is 0 Å². The molecule has 0 aliphatic carbocycles. The fraction of sp³-hybridized carbons (Fsp3) is 0.368. The van der Waals surface area contributed by atoms with E-state index in [4.69, 9.17) is 4.74 Å². The maximum atomic E-state index is 10.6. The number of aliphatic hydroxyl groups excluding tert-OH is 1. The number of aromatic nitrogens is 1. The number of nitrogens with one attached hydrogen (secondary N) is 2. The van der Waals surface area contributed by atoms with Crippen LogP contribution in [-0.2, 0) is 6.42 Å². The number of aliphatic imine (C=N–C) groups is 1. The molecule has 0 amide bonds. The van der Waals surface area contributed by atoms with Crippen molar-refractivity contribution in [3.8, 4) is 5.75 Å². The minimum atomic E-state index is -0.804. The second-order valence-electron chi connectivity index (χ2n) is 5.93. The van der Waals surface area contributed by atoms with Crippen molar-refractivity contribution < 1.29 is 14.8 Å². The fourth-order valence-electron chi connectivity index (χ4n) is 2.30. The van der Waals surface area contributed by atoms with Gasteiger partial charge in [-0.3, -0.25) is 20.1 Å². The molecule has 2 rings (SSSR count). The van der Waals surface area contributed by atoms with Crippen LogP contribution in [0.15, 0.2) is 53.7 Å². The summed E-state index contributed by atoms with van der Waals surface area (Å²) in [6.45, 7) is 3.52. The van der Waals surface area contributed by atoms with E-state index in [9.17, 15) is 15.2 Å². The Balaban J connectivity index is 0.00000420. The van der Waals surface area contributed by atoms with Crippen LogP contribution in [0.5, 0.6) is 5.75 Å². The Morgan fingerprint density at radius 3 is 2.66 bits per heavy atom. The first-order valence-electron chi connectivity index (χ1n) is 9.06. The highest BCUT2D eigenvalue weighted by Crippen LogP contribution is 2.17. The smallest absolute Gasteiger partial charge is 0.269 e. The van der Waals surface area contributed by atoms with Crippen molar-refractivity contribution in [3.05, 3.63) is 64.5 Å². The van der Waals surface area contributed by atoms with Crippen LogP contribution in [0, 0.1) is 10.1 Å². The van der Waals surface area contributed by atoms with Crippen molar-refractivity contribution in [2.45, 2.75) is 19.4 Å². The van der Waals surface area contributed by atoms with Crippen LogP contribution in [0.1, 0.15) is 12.6 Å². The Morgan fingerprint density at radius 1 is 1.28 bits per heavy atom. The van der Waals surface area contributed by atoms with Crippen LogP contribution in [0.25, 0.3) is 0 Å². The number of benzene rings is 1. The molecule has 1 aromatic carbocycles. The molecule has 0 aliphatic heterocycles. The van der Waals surface area contributed by atoms with Gasteiger partial charge in [0.05, 0.1) is 11.5 Å². The van der Waals surface area contributed by atoms with Crippen molar-refractivity contribution >= 4 is 35.6 Å². The molecule has 0 aliphatic rings. The van der Waals surface area contributed by atoms with Crippen molar-refractivity contribution in [3.63, 3.8) is 0 Å². The summed E-state index contributed by atoms with van der Waals surface area (Å²) in [6.07, 6.45) is 1.72. The zero-order valence-corrected chi connectivity index (χ0v) is 18.5. The number of halogens is 1. The number of non-ortho nitro benzene ring substituents is 1. The predicted molar refractivity (Wildman–Crippen MR) is 122 cm³/mol. The first-order chi connectivity index (χ1) is 13.6. The number of nitro benzene ring substituents is 1.